The van der Waals surface area contributed by atoms with Crippen LogP contribution >= 0.6 is 11.6 Å². The Balaban J connectivity index is 1.11. The summed E-state index contributed by atoms with van der Waals surface area (Å²) in [5.74, 6) is 0.596. The van der Waals surface area contributed by atoms with Gasteiger partial charge in [0.1, 0.15) is 29.6 Å². The van der Waals surface area contributed by atoms with Crippen molar-refractivity contribution in [3.05, 3.63) is 76.5 Å². The van der Waals surface area contributed by atoms with Gasteiger partial charge in [-0.15, -0.1) is 0 Å². The smallest absolute Gasteiger partial charge is 0.354 e. The van der Waals surface area contributed by atoms with Crippen molar-refractivity contribution in [1.29, 1.82) is 0 Å². The highest BCUT2D eigenvalue weighted by Gasteiger charge is 2.25. The van der Waals surface area contributed by atoms with Crippen molar-refractivity contribution >= 4 is 34.6 Å². The van der Waals surface area contributed by atoms with E-state index in [-0.39, 0.29) is 18.4 Å². The second-order valence-electron chi connectivity index (χ2n) is 9.89. The topological polar surface area (TPSA) is 106 Å². The molecule has 1 aromatic carbocycles. The van der Waals surface area contributed by atoms with Crippen LogP contribution in [0.1, 0.15) is 28.3 Å². The molecule has 0 radical (unpaired) electrons. The molecule has 0 unspecified atom stereocenters. The summed E-state index contributed by atoms with van der Waals surface area (Å²) in [6, 6.07) is 13.3. The lowest BCUT2D eigenvalue weighted by Gasteiger charge is -2.35. The first-order valence-corrected chi connectivity index (χ1v) is 13.5. The third-order valence-electron chi connectivity index (χ3n) is 7.23. The number of anilines is 1. The minimum absolute atomic E-state index is 0.000326. The summed E-state index contributed by atoms with van der Waals surface area (Å²) < 4.78 is 27.5. The van der Waals surface area contributed by atoms with Crippen LogP contribution < -0.4 is 9.64 Å². The molecular weight excluding hydrogens is 539 g/mol. The van der Waals surface area contributed by atoms with Gasteiger partial charge >= 0.3 is 5.97 Å². The molecule has 1 N–H and O–H groups in total. The first kappa shape index (κ1) is 26.4. The molecule has 208 valence electrons. The molecule has 0 saturated carbocycles. The fraction of sp³-hybridized carbons (Fsp3) is 0.357. The lowest BCUT2D eigenvalue weighted by molar-refractivity contribution is -0.0592. The predicted octanol–water partition coefficient (Wildman–Crippen LogP) is 4.01. The summed E-state index contributed by atoms with van der Waals surface area (Å²) in [5, 5.41) is 9.76. The molecule has 3 aromatic heterocycles. The van der Waals surface area contributed by atoms with Gasteiger partial charge in [0.2, 0.25) is 5.88 Å². The van der Waals surface area contributed by atoms with E-state index in [2.05, 4.69) is 19.8 Å². The molecule has 6 rings (SSSR count). The third-order valence-corrected chi connectivity index (χ3v) is 7.47. The normalized spacial score (nSPS) is 17.6. The molecule has 0 bridgehead atoms. The number of carbonyl (C=O) groups is 1. The van der Waals surface area contributed by atoms with Gasteiger partial charge in [0, 0.05) is 49.4 Å². The standard InChI is InChI=1S/C28H28ClFN6O4/c29-19-5-4-18(21(30)14-19)17-40-26-3-1-2-24(33-26)35-11-9-34(10-12-35)16-25-31-22-6-7-23(28(37)38)32-27(22)36(25)15-20-8-13-39-20/h1-7,14,20H,8-13,15-17H2,(H,37,38)/t20-/m0/s1. The van der Waals surface area contributed by atoms with E-state index >= 15 is 0 Å². The van der Waals surface area contributed by atoms with Crippen molar-refractivity contribution in [1.82, 2.24) is 24.4 Å². The van der Waals surface area contributed by atoms with Gasteiger partial charge in [-0.1, -0.05) is 23.7 Å². The lowest BCUT2D eigenvalue weighted by atomic mass is 10.2. The van der Waals surface area contributed by atoms with Crippen LogP contribution in [-0.2, 0) is 24.4 Å². The zero-order valence-corrected chi connectivity index (χ0v) is 22.4. The van der Waals surface area contributed by atoms with Gasteiger partial charge < -0.3 is 24.0 Å². The Morgan fingerprint density at radius 2 is 1.93 bits per heavy atom. The molecule has 0 amide bonds. The third kappa shape index (κ3) is 5.72. The Kier molecular flexibility index (Phi) is 7.50. The van der Waals surface area contributed by atoms with Crippen molar-refractivity contribution in [2.24, 2.45) is 0 Å². The minimum atomic E-state index is -1.06. The van der Waals surface area contributed by atoms with Crippen LogP contribution in [0.15, 0.2) is 48.5 Å². The predicted molar refractivity (Wildman–Crippen MR) is 146 cm³/mol. The Labute approximate surface area is 234 Å². The van der Waals surface area contributed by atoms with Gasteiger partial charge in [-0.25, -0.2) is 19.2 Å². The number of halogens is 2. The maximum absolute atomic E-state index is 14.1. The number of carboxylic acids is 1. The van der Waals surface area contributed by atoms with Gasteiger partial charge in [0.05, 0.1) is 19.2 Å². The van der Waals surface area contributed by atoms with Gasteiger partial charge in [-0.3, -0.25) is 4.90 Å². The summed E-state index contributed by atoms with van der Waals surface area (Å²) in [4.78, 5) is 29.8. The molecule has 2 fully saturated rings. The number of aromatic nitrogens is 4. The minimum Gasteiger partial charge on any atom is -0.477 e. The number of pyridine rings is 2. The first-order chi connectivity index (χ1) is 19.4. The van der Waals surface area contributed by atoms with Crippen molar-refractivity contribution in [3.8, 4) is 5.88 Å². The summed E-state index contributed by atoms with van der Waals surface area (Å²) in [6.07, 6.45) is 1.04. The fourth-order valence-corrected chi connectivity index (χ4v) is 5.06. The average molecular weight is 567 g/mol. The number of hydrogen-bond donors (Lipinski definition) is 1. The molecule has 0 spiro atoms. The SMILES string of the molecule is O=C(O)c1ccc2nc(CN3CCN(c4cccc(OCc5ccc(Cl)cc5F)n4)CC3)n(C[C@@H]3CCO3)c2n1. The number of benzene rings is 1. The molecule has 40 heavy (non-hydrogen) atoms. The van der Waals surface area contributed by atoms with E-state index in [1.165, 1.54) is 12.1 Å². The number of ether oxygens (including phenoxy) is 2. The molecule has 4 aromatic rings. The zero-order chi connectivity index (χ0) is 27.6. The molecule has 0 aliphatic carbocycles. The number of hydrogen-bond acceptors (Lipinski definition) is 8. The van der Waals surface area contributed by atoms with E-state index in [0.717, 1.165) is 50.8 Å². The molecule has 2 aliphatic rings. The molecule has 10 nitrogen and oxygen atoms in total. The Bertz CT molecular complexity index is 1540. The van der Waals surface area contributed by atoms with Crippen molar-refractivity contribution < 1.29 is 23.8 Å². The maximum Gasteiger partial charge on any atom is 0.354 e. The van der Waals surface area contributed by atoms with Crippen LogP contribution in [0.3, 0.4) is 0 Å². The van der Waals surface area contributed by atoms with Crippen molar-refractivity contribution in [2.75, 3.05) is 37.7 Å². The van der Waals surface area contributed by atoms with Crippen molar-refractivity contribution in [3.63, 3.8) is 0 Å². The van der Waals surface area contributed by atoms with Gasteiger partial charge in [0.15, 0.2) is 11.3 Å². The number of nitrogens with zero attached hydrogens (tertiary/aromatic N) is 6. The summed E-state index contributed by atoms with van der Waals surface area (Å²) in [6.45, 7) is 5.11. The van der Waals surface area contributed by atoms with Crippen LogP contribution in [0.4, 0.5) is 10.2 Å². The summed E-state index contributed by atoms with van der Waals surface area (Å²) in [5.41, 5.74) is 1.66. The fourth-order valence-electron chi connectivity index (χ4n) is 4.90. The van der Waals surface area contributed by atoms with Gasteiger partial charge in [-0.2, -0.15) is 4.98 Å². The van der Waals surface area contributed by atoms with Crippen LogP contribution in [0.2, 0.25) is 5.02 Å². The molecule has 5 heterocycles. The molecule has 12 heteroatoms. The summed E-state index contributed by atoms with van der Waals surface area (Å²) in [7, 11) is 0. The quantitative estimate of drug-likeness (QED) is 0.322. The highest BCUT2D eigenvalue weighted by Crippen LogP contribution is 2.24. The van der Waals surface area contributed by atoms with Crippen molar-refractivity contribution in [2.45, 2.75) is 32.2 Å². The van der Waals surface area contributed by atoms with E-state index in [0.29, 0.717) is 40.7 Å². The Morgan fingerprint density at radius 3 is 2.65 bits per heavy atom. The Morgan fingerprint density at radius 1 is 1.10 bits per heavy atom. The molecular formula is C28H28ClFN6O4. The molecule has 2 saturated heterocycles. The van der Waals surface area contributed by atoms with Crippen LogP contribution in [-0.4, -0.2) is 74.4 Å². The van der Waals surface area contributed by atoms with E-state index < -0.39 is 11.8 Å². The number of rotatable bonds is 9. The van der Waals surface area contributed by atoms with Crippen LogP contribution in [0, 0.1) is 5.82 Å². The average Bonchev–Trinajstić information content (AvgIpc) is 3.26. The Hall–Kier alpha value is -3.80. The largest absolute Gasteiger partial charge is 0.477 e. The number of imidazole rings is 1. The maximum atomic E-state index is 14.1. The lowest BCUT2D eigenvalue weighted by Crippen LogP contribution is -2.46. The number of aromatic carboxylic acids is 1. The zero-order valence-electron chi connectivity index (χ0n) is 21.7. The van der Waals surface area contributed by atoms with E-state index in [1.54, 1.807) is 24.3 Å². The highest BCUT2D eigenvalue weighted by molar-refractivity contribution is 6.30. The number of fused-ring (bicyclic) bond motifs is 1. The first-order valence-electron chi connectivity index (χ1n) is 13.1. The van der Waals surface area contributed by atoms with Crippen LogP contribution in [0.25, 0.3) is 11.2 Å². The molecule has 1 atom stereocenters. The molecule has 2 aliphatic heterocycles. The van der Waals surface area contributed by atoms with Gasteiger partial charge in [0.25, 0.3) is 0 Å². The number of carboxylic acid groups (broad SMARTS) is 1. The highest BCUT2D eigenvalue weighted by atomic mass is 35.5. The van der Waals surface area contributed by atoms with E-state index in [4.69, 9.17) is 26.1 Å². The van der Waals surface area contributed by atoms with E-state index in [9.17, 15) is 14.3 Å². The second-order valence-corrected chi connectivity index (χ2v) is 10.3. The monoisotopic (exact) mass is 566 g/mol. The second kappa shape index (κ2) is 11.4. The van der Waals surface area contributed by atoms with Crippen LogP contribution in [0.5, 0.6) is 5.88 Å². The summed E-state index contributed by atoms with van der Waals surface area (Å²) >= 11 is 5.83. The van der Waals surface area contributed by atoms with E-state index in [1.807, 2.05) is 16.7 Å². The number of piperazine rings is 1. The van der Waals surface area contributed by atoms with Gasteiger partial charge in [-0.05, 0) is 36.8 Å².